The van der Waals surface area contributed by atoms with Crippen molar-refractivity contribution in [3.63, 3.8) is 0 Å². The lowest BCUT2D eigenvalue weighted by atomic mass is 10.2. The van der Waals surface area contributed by atoms with E-state index in [-0.39, 0.29) is 6.03 Å². The first-order chi connectivity index (χ1) is 11.3. The first-order valence-electron chi connectivity index (χ1n) is 7.83. The molecule has 0 unspecified atom stereocenters. The van der Waals surface area contributed by atoms with Gasteiger partial charge in [0, 0.05) is 19.6 Å². The molecule has 0 radical (unpaired) electrons. The van der Waals surface area contributed by atoms with Crippen LogP contribution in [0.4, 0.5) is 16.2 Å². The van der Waals surface area contributed by atoms with E-state index < -0.39 is 0 Å². The van der Waals surface area contributed by atoms with Gasteiger partial charge >= 0.3 is 6.03 Å². The summed E-state index contributed by atoms with van der Waals surface area (Å²) in [6.07, 6.45) is 0. The second kappa shape index (κ2) is 7.65. The van der Waals surface area contributed by atoms with Crippen molar-refractivity contribution in [1.82, 2.24) is 5.32 Å². The molecule has 2 aromatic rings. The number of rotatable bonds is 4. The normalized spacial score (nSPS) is 14.3. The summed E-state index contributed by atoms with van der Waals surface area (Å²) in [7, 11) is 0. The molecule has 3 rings (SSSR count). The van der Waals surface area contributed by atoms with Gasteiger partial charge in [0.25, 0.3) is 0 Å². The van der Waals surface area contributed by atoms with E-state index in [2.05, 4.69) is 15.5 Å². The fraction of sp³-hybridized carbons (Fsp3) is 0.278. The highest BCUT2D eigenvalue weighted by atomic mass is 16.5. The summed E-state index contributed by atoms with van der Waals surface area (Å²) in [5.41, 5.74) is 2.93. The number of carbonyl (C=O) groups is 1. The largest absolute Gasteiger partial charge is 0.378 e. The van der Waals surface area contributed by atoms with E-state index in [1.807, 2.05) is 54.6 Å². The van der Waals surface area contributed by atoms with Crippen molar-refractivity contribution < 1.29 is 9.53 Å². The number of benzene rings is 2. The Hall–Kier alpha value is -2.53. The second-order valence-electron chi connectivity index (χ2n) is 5.41. The second-order valence-corrected chi connectivity index (χ2v) is 5.41. The number of morpholine rings is 1. The van der Waals surface area contributed by atoms with Gasteiger partial charge in [-0.05, 0) is 17.7 Å². The summed E-state index contributed by atoms with van der Waals surface area (Å²) in [6.45, 7) is 3.62. The minimum absolute atomic E-state index is 0.199. The number of carbonyl (C=O) groups excluding carboxylic acids is 1. The van der Waals surface area contributed by atoms with E-state index in [0.717, 1.165) is 30.0 Å². The number of para-hydroxylation sites is 2. The zero-order valence-electron chi connectivity index (χ0n) is 13.0. The van der Waals surface area contributed by atoms with Crippen LogP contribution in [0.3, 0.4) is 0 Å². The fourth-order valence-electron chi connectivity index (χ4n) is 2.60. The molecule has 0 spiro atoms. The van der Waals surface area contributed by atoms with Gasteiger partial charge < -0.3 is 20.3 Å². The molecule has 0 bridgehead atoms. The summed E-state index contributed by atoms with van der Waals surface area (Å²) >= 11 is 0. The van der Waals surface area contributed by atoms with Crippen molar-refractivity contribution in [2.75, 3.05) is 36.5 Å². The monoisotopic (exact) mass is 311 g/mol. The van der Waals surface area contributed by atoms with Gasteiger partial charge in [-0.25, -0.2) is 4.79 Å². The van der Waals surface area contributed by atoms with Crippen LogP contribution in [0.2, 0.25) is 0 Å². The minimum Gasteiger partial charge on any atom is -0.378 e. The molecule has 1 heterocycles. The fourth-order valence-corrected chi connectivity index (χ4v) is 2.60. The standard InChI is InChI=1S/C18H21N3O2/c22-18(19-14-15-6-2-1-3-7-15)20-16-8-4-5-9-17(16)21-10-12-23-13-11-21/h1-9H,10-14H2,(H2,19,20,22). The molecule has 0 aromatic heterocycles. The maximum atomic E-state index is 12.2. The molecule has 0 atom stereocenters. The van der Waals surface area contributed by atoms with Crippen LogP contribution < -0.4 is 15.5 Å². The third-order valence-corrected chi connectivity index (χ3v) is 3.80. The van der Waals surface area contributed by atoms with Gasteiger partial charge in [0.2, 0.25) is 0 Å². The molecule has 5 nitrogen and oxygen atoms in total. The van der Waals surface area contributed by atoms with Gasteiger partial charge in [-0.1, -0.05) is 42.5 Å². The molecular weight excluding hydrogens is 290 g/mol. The number of hydrogen-bond acceptors (Lipinski definition) is 3. The van der Waals surface area contributed by atoms with E-state index in [1.165, 1.54) is 0 Å². The maximum Gasteiger partial charge on any atom is 0.319 e. The van der Waals surface area contributed by atoms with Crippen LogP contribution in [-0.2, 0) is 11.3 Å². The van der Waals surface area contributed by atoms with Crippen LogP contribution in [0.25, 0.3) is 0 Å². The van der Waals surface area contributed by atoms with E-state index in [9.17, 15) is 4.79 Å². The predicted octanol–water partition coefficient (Wildman–Crippen LogP) is 2.84. The minimum atomic E-state index is -0.199. The number of ether oxygens (including phenoxy) is 1. The highest BCUT2D eigenvalue weighted by molar-refractivity contribution is 5.93. The number of urea groups is 1. The Balaban J connectivity index is 1.62. The molecule has 1 aliphatic rings. The predicted molar refractivity (Wildman–Crippen MR) is 91.8 cm³/mol. The van der Waals surface area contributed by atoms with Crippen LogP contribution >= 0.6 is 0 Å². The maximum absolute atomic E-state index is 12.2. The number of hydrogen-bond donors (Lipinski definition) is 2. The summed E-state index contributed by atoms with van der Waals surface area (Å²) in [6, 6.07) is 17.5. The van der Waals surface area contributed by atoms with Crippen LogP contribution in [0.15, 0.2) is 54.6 Å². The van der Waals surface area contributed by atoms with Crippen LogP contribution in [-0.4, -0.2) is 32.3 Å². The highest BCUT2D eigenvalue weighted by Crippen LogP contribution is 2.26. The van der Waals surface area contributed by atoms with Crippen molar-refractivity contribution in [1.29, 1.82) is 0 Å². The quantitative estimate of drug-likeness (QED) is 0.913. The summed E-state index contributed by atoms with van der Waals surface area (Å²) in [5, 5.41) is 5.83. The molecule has 1 saturated heterocycles. The number of nitrogens with zero attached hydrogens (tertiary/aromatic N) is 1. The molecule has 2 N–H and O–H groups in total. The summed E-state index contributed by atoms with van der Waals surface area (Å²) in [4.78, 5) is 14.4. The highest BCUT2D eigenvalue weighted by Gasteiger charge is 2.15. The van der Waals surface area contributed by atoms with E-state index in [4.69, 9.17) is 4.74 Å². The third kappa shape index (κ3) is 4.23. The first kappa shape index (κ1) is 15.4. The Morgan fingerprint density at radius 3 is 2.48 bits per heavy atom. The van der Waals surface area contributed by atoms with Crippen LogP contribution in [0.5, 0.6) is 0 Å². The number of nitrogens with one attached hydrogen (secondary N) is 2. The molecular formula is C18H21N3O2. The lowest BCUT2D eigenvalue weighted by Gasteiger charge is -2.30. The Labute approximate surface area is 136 Å². The SMILES string of the molecule is O=C(NCc1ccccc1)Nc1ccccc1N1CCOCC1. The molecule has 0 aliphatic carbocycles. The van der Waals surface area contributed by atoms with Crippen LogP contribution in [0.1, 0.15) is 5.56 Å². The van der Waals surface area contributed by atoms with Gasteiger partial charge in [0.05, 0.1) is 24.6 Å². The van der Waals surface area contributed by atoms with Gasteiger partial charge in [-0.2, -0.15) is 0 Å². The van der Waals surface area contributed by atoms with Gasteiger partial charge in [-0.15, -0.1) is 0 Å². The zero-order valence-corrected chi connectivity index (χ0v) is 13.0. The van der Waals surface area contributed by atoms with Crippen molar-refractivity contribution >= 4 is 17.4 Å². The lowest BCUT2D eigenvalue weighted by molar-refractivity contribution is 0.123. The number of amides is 2. The van der Waals surface area contributed by atoms with Crippen molar-refractivity contribution in [3.8, 4) is 0 Å². The van der Waals surface area contributed by atoms with Crippen molar-refractivity contribution in [2.45, 2.75) is 6.54 Å². The van der Waals surface area contributed by atoms with E-state index in [0.29, 0.717) is 19.8 Å². The zero-order chi connectivity index (χ0) is 15.9. The summed E-state index contributed by atoms with van der Waals surface area (Å²) in [5.74, 6) is 0. The van der Waals surface area contributed by atoms with E-state index >= 15 is 0 Å². The average molecular weight is 311 g/mol. The molecule has 120 valence electrons. The molecule has 2 amide bonds. The average Bonchev–Trinajstić information content (AvgIpc) is 2.62. The van der Waals surface area contributed by atoms with Crippen molar-refractivity contribution in [2.24, 2.45) is 0 Å². The van der Waals surface area contributed by atoms with Crippen molar-refractivity contribution in [3.05, 3.63) is 60.2 Å². The van der Waals surface area contributed by atoms with Gasteiger partial charge in [0.15, 0.2) is 0 Å². The lowest BCUT2D eigenvalue weighted by Crippen LogP contribution is -2.37. The van der Waals surface area contributed by atoms with Gasteiger partial charge in [0.1, 0.15) is 0 Å². The smallest absolute Gasteiger partial charge is 0.319 e. The Bertz CT molecular complexity index is 640. The molecule has 1 aliphatic heterocycles. The Morgan fingerprint density at radius 2 is 1.70 bits per heavy atom. The number of anilines is 2. The molecule has 1 fully saturated rings. The Kier molecular flexibility index (Phi) is 5.11. The molecule has 23 heavy (non-hydrogen) atoms. The molecule has 2 aromatic carbocycles. The topological polar surface area (TPSA) is 53.6 Å². The van der Waals surface area contributed by atoms with E-state index in [1.54, 1.807) is 0 Å². The van der Waals surface area contributed by atoms with Gasteiger partial charge in [-0.3, -0.25) is 0 Å². The Morgan fingerprint density at radius 1 is 1.00 bits per heavy atom. The molecule has 0 saturated carbocycles. The van der Waals surface area contributed by atoms with Crippen LogP contribution in [0, 0.1) is 0 Å². The first-order valence-corrected chi connectivity index (χ1v) is 7.83. The third-order valence-electron chi connectivity index (χ3n) is 3.80. The summed E-state index contributed by atoms with van der Waals surface area (Å²) < 4.78 is 5.39. The molecule has 5 heteroatoms.